The second kappa shape index (κ2) is 6.74. The normalized spacial score (nSPS) is 16.0. The Hall–Kier alpha value is -1.57. The molecule has 1 amide bonds. The monoisotopic (exact) mass is 472 g/mol. The number of phenolic OH excluding ortho intramolecular Hbond substituents is 1. The summed E-state index contributed by atoms with van der Waals surface area (Å²) < 4.78 is 0.705. The van der Waals surface area contributed by atoms with Crippen LogP contribution < -0.4 is 5.01 Å². The van der Waals surface area contributed by atoms with Gasteiger partial charge in [0.15, 0.2) is 0 Å². The third kappa shape index (κ3) is 3.29. The summed E-state index contributed by atoms with van der Waals surface area (Å²) in [5.41, 5.74) is 2.29. The smallest absolute Gasteiger partial charge is 0.280 e. The topological polar surface area (TPSA) is 52.9 Å². The zero-order valence-corrected chi connectivity index (χ0v) is 16.1. The quantitative estimate of drug-likeness (QED) is 0.487. The Kier molecular flexibility index (Phi) is 4.85. The Morgan fingerprint density at radius 2 is 1.96 bits per heavy atom. The van der Waals surface area contributed by atoms with Crippen LogP contribution in [0.25, 0.3) is 6.08 Å². The first kappa shape index (κ1) is 17.3. The van der Waals surface area contributed by atoms with Crippen LogP contribution in [-0.2, 0) is 4.79 Å². The van der Waals surface area contributed by atoms with Crippen LogP contribution in [0.15, 0.2) is 47.1 Å². The van der Waals surface area contributed by atoms with Crippen LogP contribution in [0.1, 0.15) is 12.5 Å². The number of aromatic hydroxyl groups is 1. The summed E-state index contributed by atoms with van der Waals surface area (Å²) in [5, 5.41) is 16.0. The van der Waals surface area contributed by atoms with Crippen LogP contribution in [0.3, 0.4) is 0 Å². The molecule has 0 radical (unpaired) electrons. The van der Waals surface area contributed by atoms with Crippen LogP contribution in [0.2, 0.25) is 10.0 Å². The molecule has 0 aliphatic carbocycles. The van der Waals surface area contributed by atoms with Gasteiger partial charge in [-0.15, -0.1) is 0 Å². The lowest BCUT2D eigenvalue weighted by Gasteiger charge is -2.13. The maximum atomic E-state index is 12.7. The molecule has 0 unspecified atom stereocenters. The Morgan fingerprint density at radius 1 is 1.21 bits per heavy atom. The molecule has 0 spiro atoms. The first-order chi connectivity index (χ1) is 11.4. The van der Waals surface area contributed by atoms with E-state index < -0.39 is 0 Å². The Balaban J connectivity index is 2.00. The van der Waals surface area contributed by atoms with Crippen LogP contribution in [-0.4, -0.2) is 16.7 Å². The highest BCUT2D eigenvalue weighted by Gasteiger charge is 2.30. The number of carbonyl (C=O) groups excluding carboxylic acids is 1. The predicted molar refractivity (Wildman–Crippen MR) is 106 cm³/mol. The average Bonchev–Trinajstić information content (AvgIpc) is 2.81. The predicted octanol–water partition coefficient (Wildman–Crippen LogP) is 5.11. The van der Waals surface area contributed by atoms with E-state index in [1.807, 2.05) is 22.6 Å². The second-order valence-electron chi connectivity index (χ2n) is 5.17. The highest BCUT2D eigenvalue weighted by atomic mass is 127. The number of halogens is 3. The summed E-state index contributed by atoms with van der Waals surface area (Å²) >= 11 is 14.2. The molecule has 4 nitrogen and oxygen atoms in total. The number of hydrazone groups is 1. The van der Waals surface area contributed by atoms with Gasteiger partial charge in [-0.2, -0.15) is 10.1 Å². The number of benzene rings is 2. The van der Waals surface area contributed by atoms with E-state index in [0.717, 1.165) is 5.56 Å². The van der Waals surface area contributed by atoms with Gasteiger partial charge in [0.05, 0.1) is 25.6 Å². The molecule has 2 aromatic carbocycles. The average molecular weight is 473 g/mol. The van der Waals surface area contributed by atoms with Crippen molar-refractivity contribution < 1.29 is 9.90 Å². The largest absolute Gasteiger partial charge is 0.507 e. The van der Waals surface area contributed by atoms with Crippen molar-refractivity contribution >= 4 is 69.2 Å². The second-order valence-corrected chi connectivity index (χ2v) is 7.17. The first-order valence-corrected chi connectivity index (χ1v) is 8.75. The summed E-state index contributed by atoms with van der Waals surface area (Å²) in [5.74, 6) is -0.0760. The molecule has 0 aromatic heterocycles. The molecular formula is C17H11Cl2IN2O2. The van der Waals surface area contributed by atoms with E-state index in [1.54, 1.807) is 49.4 Å². The summed E-state index contributed by atoms with van der Waals surface area (Å²) in [6.07, 6.45) is 1.74. The van der Waals surface area contributed by atoms with E-state index in [4.69, 9.17) is 23.2 Å². The van der Waals surface area contributed by atoms with Crippen molar-refractivity contribution in [1.82, 2.24) is 0 Å². The molecule has 0 atom stereocenters. The van der Waals surface area contributed by atoms with Crippen LogP contribution in [0, 0.1) is 3.57 Å². The van der Waals surface area contributed by atoms with Gasteiger partial charge in [-0.25, -0.2) is 0 Å². The van der Waals surface area contributed by atoms with Crippen molar-refractivity contribution in [2.75, 3.05) is 5.01 Å². The lowest BCUT2D eigenvalue weighted by atomic mass is 10.1. The lowest BCUT2D eigenvalue weighted by Crippen LogP contribution is -2.21. The molecule has 0 saturated carbocycles. The van der Waals surface area contributed by atoms with E-state index in [1.165, 1.54) is 5.01 Å². The molecule has 0 saturated heterocycles. The van der Waals surface area contributed by atoms with E-state index in [-0.39, 0.29) is 11.7 Å². The number of nitrogens with zero attached hydrogens (tertiary/aromatic N) is 2. The summed E-state index contributed by atoms with van der Waals surface area (Å²) in [6, 6.07) is 10.00. The van der Waals surface area contributed by atoms with Gasteiger partial charge in [0.25, 0.3) is 5.91 Å². The highest BCUT2D eigenvalue weighted by Crippen LogP contribution is 2.33. The van der Waals surface area contributed by atoms with Gasteiger partial charge >= 0.3 is 0 Å². The number of hydrogen-bond acceptors (Lipinski definition) is 3. The van der Waals surface area contributed by atoms with Gasteiger partial charge in [0.1, 0.15) is 5.75 Å². The van der Waals surface area contributed by atoms with E-state index in [2.05, 4.69) is 5.10 Å². The third-order valence-corrected chi connectivity index (χ3v) is 4.90. The van der Waals surface area contributed by atoms with Crippen LogP contribution in [0.5, 0.6) is 5.75 Å². The Bertz CT molecular complexity index is 909. The number of amides is 1. The van der Waals surface area contributed by atoms with Crippen LogP contribution >= 0.6 is 45.8 Å². The number of hydrogen-bond donors (Lipinski definition) is 1. The van der Waals surface area contributed by atoms with Gasteiger partial charge < -0.3 is 5.11 Å². The van der Waals surface area contributed by atoms with Gasteiger partial charge in [-0.05, 0) is 71.5 Å². The van der Waals surface area contributed by atoms with Crippen molar-refractivity contribution in [3.05, 3.63) is 61.2 Å². The van der Waals surface area contributed by atoms with Gasteiger partial charge in [0.2, 0.25) is 0 Å². The van der Waals surface area contributed by atoms with Crippen molar-refractivity contribution in [3.63, 3.8) is 0 Å². The fourth-order valence-electron chi connectivity index (χ4n) is 2.28. The standard InChI is InChI=1S/C17H11Cl2IN2O2/c1-9-12(6-10-2-5-16(23)14(20)7-10)17(24)22(21-9)15-8-11(18)3-4-13(15)19/h2-8,23H,1H3/b12-6+. The zero-order chi connectivity index (χ0) is 17.4. The summed E-state index contributed by atoms with van der Waals surface area (Å²) in [4.78, 5) is 12.7. The molecule has 1 heterocycles. The fraction of sp³-hybridized carbons (Fsp3) is 0.0588. The maximum absolute atomic E-state index is 12.7. The molecule has 24 heavy (non-hydrogen) atoms. The zero-order valence-electron chi connectivity index (χ0n) is 12.4. The minimum absolute atomic E-state index is 0.202. The third-order valence-electron chi connectivity index (χ3n) is 3.48. The Labute approximate surface area is 162 Å². The molecule has 0 bridgehead atoms. The van der Waals surface area contributed by atoms with Crippen molar-refractivity contribution in [1.29, 1.82) is 0 Å². The first-order valence-electron chi connectivity index (χ1n) is 6.92. The van der Waals surface area contributed by atoms with Gasteiger partial charge in [0, 0.05) is 5.02 Å². The molecule has 122 valence electrons. The van der Waals surface area contributed by atoms with Crippen molar-refractivity contribution in [3.8, 4) is 5.75 Å². The maximum Gasteiger partial charge on any atom is 0.280 e. The van der Waals surface area contributed by atoms with E-state index in [9.17, 15) is 9.90 Å². The Morgan fingerprint density at radius 3 is 2.67 bits per heavy atom. The van der Waals surface area contributed by atoms with Gasteiger partial charge in [-0.1, -0.05) is 29.3 Å². The molecular weight excluding hydrogens is 462 g/mol. The molecule has 0 fully saturated rings. The molecule has 3 rings (SSSR count). The number of carbonyl (C=O) groups is 1. The lowest BCUT2D eigenvalue weighted by molar-refractivity contribution is -0.114. The number of anilines is 1. The molecule has 1 aliphatic heterocycles. The van der Waals surface area contributed by atoms with E-state index >= 15 is 0 Å². The fourth-order valence-corrected chi connectivity index (χ4v) is 3.18. The van der Waals surface area contributed by atoms with Crippen LogP contribution in [0.4, 0.5) is 5.69 Å². The summed E-state index contributed by atoms with van der Waals surface area (Å²) in [7, 11) is 0. The molecule has 1 N–H and O–H groups in total. The van der Waals surface area contributed by atoms with Gasteiger partial charge in [-0.3, -0.25) is 4.79 Å². The van der Waals surface area contributed by atoms with E-state index in [0.29, 0.717) is 30.6 Å². The summed E-state index contributed by atoms with van der Waals surface area (Å²) in [6.45, 7) is 1.76. The highest BCUT2D eigenvalue weighted by molar-refractivity contribution is 14.1. The number of phenols is 1. The number of rotatable bonds is 2. The minimum atomic E-state index is -0.278. The van der Waals surface area contributed by atoms with Crippen molar-refractivity contribution in [2.24, 2.45) is 5.10 Å². The van der Waals surface area contributed by atoms with Crippen molar-refractivity contribution in [2.45, 2.75) is 6.92 Å². The molecule has 1 aliphatic rings. The SMILES string of the molecule is CC1=NN(c2cc(Cl)ccc2Cl)C(=O)/C1=C/c1ccc(O)c(I)c1. The molecule has 7 heteroatoms. The minimum Gasteiger partial charge on any atom is -0.507 e. The molecule has 2 aromatic rings.